The molecule has 2 aromatic rings. The second-order valence-corrected chi connectivity index (χ2v) is 5.37. The van der Waals surface area contributed by atoms with Gasteiger partial charge in [-0.1, -0.05) is 18.2 Å². The highest BCUT2D eigenvalue weighted by Crippen LogP contribution is 2.19. The van der Waals surface area contributed by atoms with Crippen LogP contribution in [0.15, 0.2) is 48.5 Å². The molecule has 120 valence electrons. The van der Waals surface area contributed by atoms with Gasteiger partial charge in [0.2, 0.25) is 0 Å². The maximum Gasteiger partial charge on any atom is 0.321 e. The van der Waals surface area contributed by atoms with Gasteiger partial charge in [-0.15, -0.1) is 0 Å². The normalized spacial score (nSPS) is 14.7. The minimum absolute atomic E-state index is 0.152. The zero-order valence-corrected chi connectivity index (χ0v) is 12.5. The van der Waals surface area contributed by atoms with E-state index in [1.807, 2.05) is 35.2 Å². The standard InChI is InChI=1S/C17H17F2N3O/c18-15-7-6-14(12-16(15)19)21-8-10-22(11-9-21)17(23)20-13-4-2-1-3-5-13/h1-7,12H,8-11H2,(H,20,23). The van der Waals surface area contributed by atoms with E-state index in [2.05, 4.69) is 5.32 Å². The van der Waals surface area contributed by atoms with Gasteiger partial charge >= 0.3 is 6.03 Å². The Morgan fingerprint density at radius 3 is 2.26 bits per heavy atom. The summed E-state index contributed by atoms with van der Waals surface area (Å²) in [6.07, 6.45) is 0. The summed E-state index contributed by atoms with van der Waals surface area (Å²) in [4.78, 5) is 15.8. The van der Waals surface area contributed by atoms with E-state index in [-0.39, 0.29) is 6.03 Å². The third-order valence-electron chi connectivity index (χ3n) is 3.86. The number of hydrogen-bond acceptors (Lipinski definition) is 2. The smallest absolute Gasteiger partial charge is 0.321 e. The Balaban J connectivity index is 1.57. The largest absolute Gasteiger partial charge is 0.368 e. The van der Waals surface area contributed by atoms with Crippen molar-refractivity contribution < 1.29 is 13.6 Å². The van der Waals surface area contributed by atoms with Crippen LogP contribution in [-0.2, 0) is 0 Å². The molecule has 23 heavy (non-hydrogen) atoms. The first-order valence-corrected chi connectivity index (χ1v) is 7.44. The van der Waals surface area contributed by atoms with Gasteiger partial charge in [-0.3, -0.25) is 0 Å². The molecule has 0 saturated carbocycles. The lowest BCUT2D eigenvalue weighted by atomic mass is 10.2. The van der Waals surface area contributed by atoms with E-state index in [4.69, 9.17) is 0 Å². The Morgan fingerprint density at radius 1 is 0.913 bits per heavy atom. The van der Waals surface area contributed by atoms with Crippen molar-refractivity contribution in [2.75, 3.05) is 36.4 Å². The zero-order chi connectivity index (χ0) is 16.2. The third-order valence-corrected chi connectivity index (χ3v) is 3.86. The van der Waals surface area contributed by atoms with Crippen LogP contribution < -0.4 is 10.2 Å². The summed E-state index contributed by atoms with van der Waals surface area (Å²) < 4.78 is 26.3. The van der Waals surface area contributed by atoms with Crippen molar-refractivity contribution in [2.45, 2.75) is 0 Å². The van der Waals surface area contributed by atoms with Gasteiger partial charge in [-0.05, 0) is 24.3 Å². The van der Waals surface area contributed by atoms with E-state index in [0.717, 1.165) is 11.8 Å². The zero-order valence-electron chi connectivity index (χ0n) is 12.5. The molecule has 0 aliphatic carbocycles. The van der Waals surface area contributed by atoms with E-state index < -0.39 is 11.6 Å². The third kappa shape index (κ3) is 3.59. The highest BCUT2D eigenvalue weighted by Gasteiger charge is 2.21. The predicted molar refractivity (Wildman–Crippen MR) is 85.6 cm³/mol. The Morgan fingerprint density at radius 2 is 1.61 bits per heavy atom. The average Bonchev–Trinajstić information content (AvgIpc) is 2.58. The van der Waals surface area contributed by atoms with Gasteiger partial charge in [0.25, 0.3) is 0 Å². The van der Waals surface area contributed by atoms with Crippen molar-refractivity contribution in [2.24, 2.45) is 0 Å². The predicted octanol–water partition coefficient (Wildman–Crippen LogP) is 3.32. The molecule has 2 amide bonds. The lowest BCUT2D eigenvalue weighted by Gasteiger charge is -2.36. The van der Waals surface area contributed by atoms with Crippen LogP contribution in [0.1, 0.15) is 0 Å². The molecule has 0 aromatic heterocycles. The summed E-state index contributed by atoms with van der Waals surface area (Å²) in [5.74, 6) is -1.71. The van der Waals surface area contributed by atoms with Crippen LogP contribution in [0, 0.1) is 11.6 Å². The molecule has 1 aliphatic heterocycles. The molecule has 0 unspecified atom stereocenters. The molecule has 1 fully saturated rings. The number of rotatable bonds is 2. The topological polar surface area (TPSA) is 35.6 Å². The molecule has 1 N–H and O–H groups in total. The molecule has 0 atom stereocenters. The fourth-order valence-corrected chi connectivity index (χ4v) is 2.57. The second kappa shape index (κ2) is 6.64. The first kappa shape index (κ1) is 15.3. The van der Waals surface area contributed by atoms with Crippen molar-refractivity contribution in [1.82, 2.24) is 4.90 Å². The van der Waals surface area contributed by atoms with E-state index in [1.165, 1.54) is 6.07 Å². The average molecular weight is 317 g/mol. The van der Waals surface area contributed by atoms with Crippen LogP contribution in [-0.4, -0.2) is 37.1 Å². The monoisotopic (exact) mass is 317 g/mol. The number of hydrogen-bond donors (Lipinski definition) is 1. The van der Waals surface area contributed by atoms with Crippen molar-refractivity contribution in [3.05, 3.63) is 60.2 Å². The van der Waals surface area contributed by atoms with Crippen molar-refractivity contribution in [3.63, 3.8) is 0 Å². The summed E-state index contributed by atoms with van der Waals surface area (Å²) in [6, 6.07) is 13.0. The number of nitrogens with one attached hydrogen (secondary N) is 1. The number of urea groups is 1. The van der Waals surface area contributed by atoms with Crippen LogP contribution in [0.25, 0.3) is 0 Å². The molecule has 4 nitrogen and oxygen atoms in total. The molecule has 1 aliphatic rings. The van der Waals surface area contributed by atoms with Gasteiger partial charge in [0.1, 0.15) is 0 Å². The van der Waals surface area contributed by atoms with Crippen LogP contribution in [0.2, 0.25) is 0 Å². The lowest BCUT2D eigenvalue weighted by molar-refractivity contribution is 0.208. The molecule has 0 bridgehead atoms. The number of carbonyl (C=O) groups is 1. The number of benzene rings is 2. The Hall–Kier alpha value is -2.63. The fraction of sp³-hybridized carbons (Fsp3) is 0.235. The van der Waals surface area contributed by atoms with Gasteiger partial charge in [0, 0.05) is 43.6 Å². The molecular formula is C17H17F2N3O. The lowest BCUT2D eigenvalue weighted by Crippen LogP contribution is -2.50. The van der Waals surface area contributed by atoms with Crippen molar-refractivity contribution >= 4 is 17.4 Å². The Kier molecular flexibility index (Phi) is 4.41. The fourth-order valence-electron chi connectivity index (χ4n) is 2.57. The quantitative estimate of drug-likeness (QED) is 0.922. The Labute approximate surface area is 133 Å². The summed E-state index contributed by atoms with van der Waals surface area (Å²) >= 11 is 0. The maximum atomic E-state index is 13.3. The van der Waals surface area contributed by atoms with Crippen molar-refractivity contribution in [3.8, 4) is 0 Å². The molecule has 6 heteroatoms. The minimum Gasteiger partial charge on any atom is -0.368 e. The molecule has 3 rings (SSSR count). The number of para-hydroxylation sites is 1. The highest BCUT2D eigenvalue weighted by molar-refractivity contribution is 5.89. The van der Waals surface area contributed by atoms with Crippen molar-refractivity contribution in [1.29, 1.82) is 0 Å². The summed E-state index contributed by atoms with van der Waals surface area (Å²) in [5, 5.41) is 2.84. The van der Waals surface area contributed by atoms with Gasteiger partial charge < -0.3 is 15.1 Å². The molecule has 1 heterocycles. The molecule has 1 saturated heterocycles. The van der Waals surface area contributed by atoms with E-state index in [1.54, 1.807) is 11.0 Å². The number of piperazine rings is 1. The molecule has 0 spiro atoms. The second-order valence-electron chi connectivity index (χ2n) is 5.37. The van der Waals surface area contributed by atoms with E-state index in [0.29, 0.717) is 31.9 Å². The summed E-state index contributed by atoms with van der Waals surface area (Å²) in [7, 11) is 0. The molecular weight excluding hydrogens is 300 g/mol. The van der Waals surface area contributed by atoms with Crippen LogP contribution >= 0.6 is 0 Å². The number of halogens is 2. The number of nitrogens with zero attached hydrogens (tertiary/aromatic N) is 2. The number of anilines is 2. The van der Waals surface area contributed by atoms with Crippen LogP contribution in [0.4, 0.5) is 25.0 Å². The number of amides is 2. The number of carbonyl (C=O) groups excluding carboxylic acids is 1. The van der Waals surface area contributed by atoms with Crippen LogP contribution in [0.3, 0.4) is 0 Å². The first-order valence-electron chi connectivity index (χ1n) is 7.44. The van der Waals surface area contributed by atoms with Crippen LogP contribution in [0.5, 0.6) is 0 Å². The SMILES string of the molecule is O=C(Nc1ccccc1)N1CCN(c2ccc(F)c(F)c2)CC1. The summed E-state index contributed by atoms with van der Waals surface area (Å²) in [6.45, 7) is 2.20. The van der Waals surface area contributed by atoms with Gasteiger partial charge in [-0.25, -0.2) is 13.6 Å². The maximum absolute atomic E-state index is 13.3. The van der Waals surface area contributed by atoms with Gasteiger partial charge in [-0.2, -0.15) is 0 Å². The van der Waals surface area contributed by atoms with E-state index in [9.17, 15) is 13.6 Å². The Bertz CT molecular complexity index is 685. The van der Waals surface area contributed by atoms with Gasteiger partial charge in [0.15, 0.2) is 11.6 Å². The van der Waals surface area contributed by atoms with Gasteiger partial charge in [0.05, 0.1) is 0 Å². The minimum atomic E-state index is -0.855. The molecule has 2 aromatic carbocycles. The highest BCUT2D eigenvalue weighted by atomic mass is 19.2. The first-order chi connectivity index (χ1) is 11.1. The summed E-state index contributed by atoms with van der Waals surface area (Å²) in [5.41, 5.74) is 1.38. The molecule has 0 radical (unpaired) electrons. The van der Waals surface area contributed by atoms with E-state index >= 15 is 0 Å².